The number of aromatic nitrogens is 4. The molecule has 1 aliphatic rings. The average molecular weight is 593 g/mol. The molecule has 228 valence electrons. The Kier molecular flexibility index (Phi) is 8.04. The first kappa shape index (κ1) is 30.5. The Balaban J connectivity index is 1.99. The van der Waals surface area contributed by atoms with E-state index in [4.69, 9.17) is 0 Å². The van der Waals surface area contributed by atoms with Crippen molar-refractivity contribution in [1.82, 2.24) is 19.9 Å². The van der Waals surface area contributed by atoms with Crippen molar-refractivity contribution in [3.8, 4) is 0 Å². The quantitative estimate of drug-likeness (QED) is 0.184. The van der Waals surface area contributed by atoms with Crippen LogP contribution in [0.3, 0.4) is 0 Å². The van der Waals surface area contributed by atoms with E-state index in [1.165, 1.54) is 0 Å². The van der Waals surface area contributed by atoms with Gasteiger partial charge in [-0.1, -0.05) is 25.3 Å². The number of rotatable bonds is 8. The van der Waals surface area contributed by atoms with Gasteiger partial charge in [0, 0.05) is 57.1 Å². The molecule has 4 aromatic rings. The second-order valence-corrected chi connectivity index (χ2v) is 11.7. The van der Waals surface area contributed by atoms with E-state index in [0.29, 0.717) is 12.8 Å². The van der Waals surface area contributed by atoms with Crippen molar-refractivity contribution in [3.63, 3.8) is 0 Å². The summed E-state index contributed by atoms with van der Waals surface area (Å²) in [5, 5.41) is 22.7. The van der Waals surface area contributed by atoms with Gasteiger partial charge in [0.1, 0.15) is 0 Å². The summed E-state index contributed by atoms with van der Waals surface area (Å²) in [6.07, 6.45) is 8.50. The van der Waals surface area contributed by atoms with Gasteiger partial charge in [0.05, 0.1) is 11.0 Å². The SMILES string of the molecule is C=Cc1c2[nH]c(c1C)C=c1[nH]c(c(CCC(=O)O)c1C)=Cc1[nH]c(c(C)c1CCC(=O)O)C(C)=c1[nH]c(c(C)c1C=C)=C2C. The number of aromatic amines is 4. The molecule has 5 heterocycles. The number of nitrogens with one attached hydrogen (secondary N) is 4. The lowest BCUT2D eigenvalue weighted by Gasteiger charge is -2.03. The number of carbonyl (C=O) groups is 2. The number of fused-ring (bicyclic) bond motifs is 8. The summed E-state index contributed by atoms with van der Waals surface area (Å²) in [4.78, 5) is 37.8. The highest BCUT2D eigenvalue weighted by Gasteiger charge is 2.20. The summed E-state index contributed by atoms with van der Waals surface area (Å²) < 4.78 is 0. The van der Waals surface area contributed by atoms with Gasteiger partial charge in [-0.15, -0.1) is 0 Å². The first-order valence-electron chi connectivity index (χ1n) is 14.8. The summed E-state index contributed by atoms with van der Waals surface area (Å²) in [6, 6.07) is 0. The van der Waals surface area contributed by atoms with Crippen LogP contribution < -0.4 is 21.4 Å². The van der Waals surface area contributed by atoms with Crippen LogP contribution in [0.2, 0.25) is 0 Å². The maximum absolute atomic E-state index is 11.6. The van der Waals surface area contributed by atoms with E-state index in [-0.39, 0.29) is 12.8 Å². The fraction of sp³-hybridized carbons (Fsp3) is 0.278. The average Bonchev–Trinajstić information content (AvgIpc) is 3.66. The minimum absolute atomic E-state index is 0.00814. The number of carboxylic acid groups (broad SMARTS) is 2. The number of hydrogen-bond donors (Lipinski definition) is 6. The molecule has 44 heavy (non-hydrogen) atoms. The molecule has 1 aliphatic heterocycles. The number of aliphatic carboxylic acids is 2. The fourth-order valence-corrected chi connectivity index (χ4v) is 6.61. The molecule has 0 saturated carbocycles. The molecule has 0 amide bonds. The highest BCUT2D eigenvalue weighted by atomic mass is 16.4. The standard InChI is InChI=1S/C36H40N4O4/c1-9-23-17(3)28-15-27-18(4)25(11-13-31(41)42)29(37-27)16-30-26(12-14-32(43)44)20(6)33(39-30)21(7)36-24(10-2)19(5)34(40-36)22(8)35(23)38-28/h9-10,15-16,37-40H,1-2,11-14H2,3-8H3,(H,41,42)(H,43,44). The molecule has 5 rings (SSSR count). The van der Waals surface area contributed by atoms with Crippen LogP contribution >= 0.6 is 0 Å². The van der Waals surface area contributed by atoms with Crippen molar-refractivity contribution < 1.29 is 19.8 Å². The van der Waals surface area contributed by atoms with Crippen LogP contribution in [-0.4, -0.2) is 42.1 Å². The molecule has 8 heteroatoms. The Morgan fingerprint density at radius 2 is 1.20 bits per heavy atom. The predicted molar refractivity (Wildman–Crippen MR) is 176 cm³/mol. The molecule has 6 N–H and O–H groups in total. The number of carboxylic acids is 2. The topological polar surface area (TPSA) is 138 Å². The summed E-state index contributed by atoms with van der Waals surface area (Å²) in [7, 11) is 0. The fourth-order valence-electron chi connectivity index (χ4n) is 6.61. The molecule has 0 aromatic carbocycles. The third kappa shape index (κ3) is 5.10. The summed E-state index contributed by atoms with van der Waals surface area (Å²) in [5.41, 5.74) is 13.6. The van der Waals surface area contributed by atoms with E-state index in [0.717, 1.165) is 99.8 Å². The van der Waals surface area contributed by atoms with E-state index in [9.17, 15) is 19.8 Å². The predicted octanol–water partition coefficient (Wildman–Crippen LogP) is 3.96. The molecule has 8 bridgehead atoms. The van der Waals surface area contributed by atoms with Crippen LogP contribution in [-0.2, 0) is 22.4 Å². The molecule has 0 spiro atoms. The van der Waals surface area contributed by atoms with Crippen molar-refractivity contribution >= 4 is 47.4 Å². The lowest BCUT2D eigenvalue weighted by molar-refractivity contribution is -0.138. The Labute approximate surface area is 256 Å². The molecule has 0 fully saturated rings. The highest BCUT2D eigenvalue weighted by molar-refractivity contribution is 5.78. The third-order valence-electron chi connectivity index (χ3n) is 9.16. The Morgan fingerprint density at radius 3 is 1.82 bits per heavy atom. The van der Waals surface area contributed by atoms with Crippen LogP contribution in [0, 0.1) is 27.7 Å². The van der Waals surface area contributed by atoms with Gasteiger partial charge >= 0.3 is 11.9 Å². The van der Waals surface area contributed by atoms with Crippen LogP contribution in [0.25, 0.3) is 35.5 Å². The largest absolute Gasteiger partial charge is 0.481 e. The van der Waals surface area contributed by atoms with E-state index in [1.807, 2.05) is 32.1 Å². The Bertz CT molecular complexity index is 2130. The zero-order valence-corrected chi connectivity index (χ0v) is 26.3. The highest BCUT2D eigenvalue weighted by Crippen LogP contribution is 2.27. The van der Waals surface area contributed by atoms with Crippen molar-refractivity contribution in [3.05, 3.63) is 102 Å². The molecule has 0 radical (unpaired) electrons. The van der Waals surface area contributed by atoms with E-state index >= 15 is 0 Å². The van der Waals surface area contributed by atoms with Gasteiger partial charge in [-0.05, 0) is 111 Å². The van der Waals surface area contributed by atoms with Crippen molar-refractivity contribution in [2.24, 2.45) is 0 Å². The first-order chi connectivity index (χ1) is 20.9. The summed E-state index contributed by atoms with van der Waals surface area (Å²) in [5.74, 6) is -1.73. The summed E-state index contributed by atoms with van der Waals surface area (Å²) in [6.45, 7) is 20.6. The first-order valence-corrected chi connectivity index (χ1v) is 14.8. The Hall–Kier alpha value is -4.98. The van der Waals surface area contributed by atoms with Gasteiger partial charge in [-0.2, -0.15) is 0 Å². The maximum atomic E-state index is 11.6. The van der Waals surface area contributed by atoms with Crippen LogP contribution in [0.15, 0.2) is 13.2 Å². The van der Waals surface area contributed by atoms with Gasteiger partial charge < -0.3 is 30.1 Å². The molecular formula is C36H40N4O4. The molecule has 0 saturated heterocycles. The molecule has 8 nitrogen and oxygen atoms in total. The third-order valence-corrected chi connectivity index (χ3v) is 9.16. The zero-order chi connectivity index (χ0) is 32.0. The van der Waals surface area contributed by atoms with Crippen LogP contribution in [0.5, 0.6) is 0 Å². The lowest BCUT2D eigenvalue weighted by atomic mass is 10.00. The minimum Gasteiger partial charge on any atom is -0.481 e. The molecule has 0 aliphatic carbocycles. The molecule has 0 unspecified atom stereocenters. The zero-order valence-electron chi connectivity index (χ0n) is 26.3. The van der Waals surface area contributed by atoms with Gasteiger partial charge in [-0.3, -0.25) is 9.59 Å². The number of H-pyrrole nitrogens is 4. The molecular weight excluding hydrogens is 552 g/mol. The summed E-state index contributed by atoms with van der Waals surface area (Å²) >= 11 is 0. The molecule has 0 atom stereocenters. The smallest absolute Gasteiger partial charge is 0.303 e. The normalized spacial score (nSPS) is 12.6. The van der Waals surface area contributed by atoms with Gasteiger partial charge in [-0.25, -0.2) is 0 Å². The monoisotopic (exact) mass is 592 g/mol. The van der Waals surface area contributed by atoms with E-state index < -0.39 is 11.9 Å². The second-order valence-electron chi connectivity index (χ2n) is 11.7. The van der Waals surface area contributed by atoms with Crippen LogP contribution in [0.1, 0.15) is 94.0 Å². The molecule has 4 aromatic heterocycles. The van der Waals surface area contributed by atoms with Gasteiger partial charge in [0.2, 0.25) is 0 Å². The Morgan fingerprint density at radius 1 is 0.636 bits per heavy atom. The van der Waals surface area contributed by atoms with Crippen LogP contribution in [0.4, 0.5) is 0 Å². The van der Waals surface area contributed by atoms with E-state index in [1.54, 1.807) is 0 Å². The van der Waals surface area contributed by atoms with Gasteiger partial charge in [0.15, 0.2) is 0 Å². The van der Waals surface area contributed by atoms with Gasteiger partial charge in [0.25, 0.3) is 0 Å². The second kappa shape index (κ2) is 11.6. The maximum Gasteiger partial charge on any atom is 0.303 e. The van der Waals surface area contributed by atoms with E-state index in [2.05, 4.69) is 66.9 Å². The minimum atomic E-state index is -0.865. The van der Waals surface area contributed by atoms with Crippen molar-refractivity contribution in [1.29, 1.82) is 0 Å². The van der Waals surface area contributed by atoms with Crippen molar-refractivity contribution in [2.75, 3.05) is 0 Å². The number of hydrogen-bond acceptors (Lipinski definition) is 2. The lowest BCUT2D eigenvalue weighted by Crippen LogP contribution is -2.17. The van der Waals surface area contributed by atoms with Crippen molar-refractivity contribution in [2.45, 2.75) is 67.2 Å².